The molecule has 4 amide bonds. The van der Waals surface area contributed by atoms with Crippen LogP contribution in [0.15, 0.2) is 66.2 Å². The molecule has 1 fully saturated rings. The standard InChI is InChI=1S/C26H20ClN3O7/c1-15-20(27)7-4-8-21(15)29-25(32)19(24(31)28-26(29)33)12-16-9-10-22(23(13-16)36-2)37-14-17-5-3-6-18(11-17)30(34)35/h3-13H,14H2,1-2H3,(H,28,31,33)/b19-12+. The van der Waals surface area contributed by atoms with Gasteiger partial charge < -0.3 is 9.47 Å². The number of methoxy groups -OCH3 is 1. The molecule has 10 nitrogen and oxygen atoms in total. The van der Waals surface area contributed by atoms with Crippen LogP contribution < -0.4 is 19.7 Å². The third kappa shape index (κ3) is 5.29. The van der Waals surface area contributed by atoms with Gasteiger partial charge in [-0.25, -0.2) is 9.69 Å². The zero-order valence-corrected chi connectivity index (χ0v) is 20.4. The molecule has 4 rings (SSSR count). The smallest absolute Gasteiger partial charge is 0.335 e. The molecule has 188 valence electrons. The number of imide groups is 2. The average molecular weight is 522 g/mol. The Bertz CT molecular complexity index is 1470. The van der Waals surface area contributed by atoms with E-state index in [2.05, 4.69) is 5.32 Å². The van der Waals surface area contributed by atoms with Crippen LogP contribution in [0.5, 0.6) is 11.5 Å². The van der Waals surface area contributed by atoms with Gasteiger partial charge in [0.05, 0.1) is 17.7 Å². The Morgan fingerprint density at radius 1 is 1.05 bits per heavy atom. The lowest BCUT2D eigenvalue weighted by Crippen LogP contribution is -2.54. The highest BCUT2D eigenvalue weighted by atomic mass is 35.5. The quantitative estimate of drug-likeness (QED) is 0.204. The number of benzene rings is 3. The van der Waals surface area contributed by atoms with Crippen molar-refractivity contribution < 1.29 is 28.8 Å². The minimum atomic E-state index is -0.875. The summed E-state index contributed by atoms with van der Waals surface area (Å²) in [6, 6.07) is 14.7. The molecule has 0 radical (unpaired) electrons. The van der Waals surface area contributed by atoms with E-state index in [9.17, 15) is 24.5 Å². The Labute approximate surface area is 216 Å². The van der Waals surface area contributed by atoms with Gasteiger partial charge in [-0.3, -0.25) is 25.0 Å². The number of hydrogen-bond acceptors (Lipinski definition) is 7. The van der Waals surface area contributed by atoms with E-state index in [1.165, 1.54) is 25.3 Å². The lowest BCUT2D eigenvalue weighted by atomic mass is 10.1. The second-order valence-corrected chi connectivity index (χ2v) is 8.37. The number of nitro benzene ring substituents is 1. The molecule has 1 saturated heterocycles. The summed E-state index contributed by atoms with van der Waals surface area (Å²) in [7, 11) is 1.42. The second kappa shape index (κ2) is 10.5. The number of ether oxygens (including phenoxy) is 2. The summed E-state index contributed by atoms with van der Waals surface area (Å²) in [6.45, 7) is 1.71. The fraction of sp³-hybridized carbons (Fsp3) is 0.115. The highest BCUT2D eigenvalue weighted by Crippen LogP contribution is 2.32. The number of nitrogens with one attached hydrogen (secondary N) is 1. The first-order chi connectivity index (χ1) is 17.7. The summed E-state index contributed by atoms with van der Waals surface area (Å²) in [6.07, 6.45) is 1.34. The van der Waals surface area contributed by atoms with Crippen LogP contribution in [0.4, 0.5) is 16.2 Å². The highest BCUT2D eigenvalue weighted by molar-refractivity contribution is 6.39. The maximum atomic E-state index is 13.2. The second-order valence-electron chi connectivity index (χ2n) is 7.97. The molecule has 1 N–H and O–H groups in total. The average Bonchev–Trinajstić information content (AvgIpc) is 2.88. The number of carbonyl (C=O) groups excluding carboxylic acids is 3. The fourth-order valence-corrected chi connectivity index (χ4v) is 3.86. The van der Waals surface area contributed by atoms with Crippen molar-refractivity contribution in [2.45, 2.75) is 13.5 Å². The predicted molar refractivity (Wildman–Crippen MR) is 136 cm³/mol. The monoisotopic (exact) mass is 521 g/mol. The van der Waals surface area contributed by atoms with Gasteiger partial charge in [-0.2, -0.15) is 0 Å². The van der Waals surface area contributed by atoms with Crippen LogP contribution in [0.2, 0.25) is 5.02 Å². The Morgan fingerprint density at radius 3 is 2.54 bits per heavy atom. The number of barbiturate groups is 1. The Kier molecular flexibility index (Phi) is 7.21. The zero-order chi connectivity index (χ0) is 26.7. The molecule has 0 unspecified atom stereocenters. The summed E-state index contributed by atoms with van der Waals surface area (Å²) in [4.78, 5) is 49.6. The maximum Gasteiger partial charge on any atom is 0.335 e. The number of halogens is 1. The van der Waals surface area contributed by atoms with Gasteiger partial charge in [-0.05, 0) is 54.0 Å². The van der Waals surface area contributed by atoms with Crippen LogP contribution in [0, 0.1) is 17.0 Å². The van der Waals surface area contributed by atoms with Crippen molar-refractivity contribution in [2.24, 2.45) is 0 Å². The first kappa shape index (κ1) is 25.4. The molecule has 0 bridgehead atoms. The van der Waals surface area contributed by atoms with Crippen molar-refractivity contribution in [1.82, 2.24) is 5.32 Å². The van der Waals surface area contributed by atoms with Gasteiger partial charge in [-0.1, -0.05) is 35.9 Å². The van der Waals surface area contributed by atoms with Crippen LogP contribution in [0.25, 0.3) is 6.08 Å². The molecule has 3 aromatic carbocycles. The van der Waals surface area contributed by atoms with E-state index in [1.54, 1.807) is 55.5 Å². The van der Waals surface area contributed by atoms with Crippen LogP contribution in [0.3, 0.4) is 0 Å². The maximum absolute atomic E-state index is 13.2. The van der Waals surface area contributed by atoms with E-state index >= 15 is 0 Å². The van der Waals surface area contributed by atoms with E-state index in [0.29, 0.717) is 33.2 Å². The minimum absolute atomic E-state index is 0.0500. The molecule has 11 heteroatoms. The van der Waals surface area contributed by atoms with Crippen molar-refractivity contribution in [2.75, 3.05) is 12.0 Å². The molecule has 0 aromatic heterocycles. The number of anilines is 1. The van der Waals surface area contributed by atoms with Crippen molar-refractivity contribution >= 4 is 46.9 Å². The van der Waals surface area contributed by atoms with Crippen LogP contribution in [-0.4, -0.2) is 29.9 Å². The minimum Gasteiger partial charge on any atom is -0.493 e. The van der Waals surface area contributed by atoms with Crippen LogP contribution in [-0.2, 0) is 16.2 Å². The topological polar surface area (TPSA) is 128 Å². The number of rotatable bonds is 7. The lowest BCUT2D eigenvalue weighted by molar-refractivity contribution is -0.384. The van der Waals surface area contributed by atoms with Gasteiger partial charge >= 0.3 is 6.03 Å². The third-order valence-electron chi connectivity index (χ3n) is 5.60. The summed E-state index contributed by atoms with van der Waals surface area (Å²) >= 11 is 6.15. The van der Waals surface area contributed by atoms with E-state index in [1.807, 2.05) is 0 Å². The van der Waals surface area contributed by atoms with Crippen LogP contribution >= 0.6 is 11.6 Å². The van der Waals surface area contributed by atoms with Gasteiger partial charge in [0.15, 0.2) is 11.5 Å². The first-order valence-electron chi connectivity index (χ1n) is 10.9. The number of hydrogen-bond donors (Lipinski definition) is 1. The molecule has 1 aliphatic rings. The zero-order valence-electron chi connectivity index (χ0n) is 19.7. The van der Waals surface area contributed by atoms with Crippen molar-refractivity contribution in [3.63, 3.8) is 0 Å². The summed E-state index contributed by atoms with van der Waals surface area (Å²) in [5, 5.41) is 13.5. The lowest BCUT2D eigenvalue weighted by Gasteiger charge is -2.27. The number of amides is 4. The molecule has 0 aliphatic carbocycles. The van der Waals surface area contributed by atoms with E-state index in [0.717, 1.165) is 4.90 Å². The van der Waals surface area contributed by atoms with Gasteiger partial charge in [0.2, 0.25) is 0 Å². The van der Waals surface area contributed by atoms with Crippen molar-refractivity contribution in [3.8, 4) is 11.5 Å². The van der Waals surface area contributed by atoms with Gasteiger partial charge in [-0.15, -0.1) is 0 Å². The molecule has 37 heavy (non-hydrogen) atoms. The normalized spacial score (nSPS) is 14.5. The first-order valence-corrected chi connectivity index (χ1v) is 11.3. The molecule has 0 saturated carbocycles. The van der Waals surface area contributed by atoms with Gasteiger partial charge in [0, 0.05) is 17.2 Å². The highest BCUT2D eigenvalue weighted by Gasteiger charge is 2.37. The fourth-order valence-electron chi connectivity index (χ4n) is 3.70. The molecule has 0 atom stereocenters. The summed E-state index contributed by atoms with van der Waals surface area (Å²) < 4.78 is 11.2. The van der Waals surface area contributed by atoms with Gasteiger partial charge in [0.1, 0.15) is 12.2 Å². The molecule has 0 spiro atoms. The Hall–Kier alpha value is -4.70. The van der Waals surface area contributed by atoms with Crippen molar-refractivity contribution in [3.05, 3.63) is 98.1 Å². The number of non-ortho nitro benzene ring substituents is 1. The number of carbonyl (C=O) groups is 3. The number of urea groups is 1. The molecule has 1 aliphatic heterocycles. The van der Waals surface area contributed by atoms with Gasteiger partial charge in [0.25, 0.3) is 17.5 Å². The van der Waals surface area contributed by atoms with E-state index in [4.69, 9.17) is 21.1 Å². The number of nitrogens with zero attached hydrogens (tertiary/aromatic N) is 2. The molecule has 1 heterocycles. The molecular weight excluding hydrogens is 502 g/mol. The summed E-state index contributed by atoms with van der Waals surface area (Å²) in [5.41, 5.74) is 1.49. The molecular formula is C26H20ClN3O7. The van der Waals surface area contributed by atoms with E-state index < -0.39 is 22.8 Å². The summed E-state index contributed by atoms with van der Waals surface area (Å²) in [5.74, 6) is -0.982. The number of nitro groups is 1. The predicted octanol–water partition coefficient (Wildman–Crippen LogP) is 4.81. The van der Waals surface area contributed by atoms with E-state index in [-0.39, 0.29) is 23.6 Å². The third-order valence-corrected chi connectivity index (χ3v) is 6.01. The Balaban J connectivity index is 1.60. The molecule has 3 aromatic rings. The SMILES string of the molecule is COc1cc(/C=C2\C(=O)NC(=O)N(c3cccc(Cl)c3C)C2=O)ccc1OCc1cccc([N+](=O)[O-])c1. The Morgan fingerprint density at radius 2 is 1.81 bits per heavy atom. The van der Waals surface area contributed by atoms with Crippen LogP contribution in [0.1, 0.15) is 16.7 Å². The largest absolute Gasteiger partial charge is 0.493 e. The van der Waals surface area contributed by atoms with Crippen molar-refractivity contribution in [1.29, 1.82) is 0 Å².